The van der Waals surface area contributed by atoms with Crippen LogP contribution in [0.4, 0.5) is 0 Å². The lowest BCUT2D eigenvalue weighted by Gasteiger charge is -2.32. The first kappa shape index (κ1) is 27.1. The van der Waals surface area contributed by atoms with E-state index in [2.05, 4.69) is 5.32 Å². The first-order valence-electron chi connectivity index (χ1n) is 11.6. The maximum absolute atomic E-state index is 13.7. The molecule has 0 aliphatic heterocycles. The second-order valence-electron chi connectivity index (χ2n) is 8.35. The van der Waals surface area contributed by atoms with Crippen molar-refractivity contribution < 1.29 is 9.59 Å². The van der Waals surface area contributed by atoms with E-state index < -0.39 is 6.04 Å². The van der Waals surface area contributed by atoms with E-state index in [0.717, 1.165) is 16.9 Å². The van der Waals surface area contributed by atoms with Crippen LogP contribution in [0.2, 0.25) is 10.0 Å². The van der Waals surface area contributed by atoms with Gasteiger partial charge < -0.3 is 10.2 Å². The van der Waals surface area contributed by atoms with Crippen LogP contribution in [-0.4, -0.2) is 34.6 Å². The Morgan fingerprint density at radius 1 is 0.914 bits per heavy atom. The van der Waals surface area contributed by atoms with Gasteiger partial charge in [0, 0.05) is 39.5 Å². The minimum absolute atomic E-state index is 0.0136. The first-order valence-corrected chi connectivity index (χ1v) is 13.4. The summed E-state index contributed by atoms with van der Waals surface area (Å²) in [4.78, 5) is 29.8. The van der Waals surface area contributed by atoms with Crippen LogP contribution < -0.4 is 5.32 Å². The molecule has 0 heterocycles. The summed E-state index contributed by atoms with van der Waals surface area (Å²) in [6.07, 6.45) is 1.17. The van der Waals surface area contributed by atoms with Gasteiger partial charge in [0.15, 0.2) is 0 Å². The van der Waals surface area contributed by atoms with Crippen LogP contribution in [-0.2, 0) is 22.6 Å². The van der Waals surface area contributed by atoms with Crippen molar-refractivity contribution in [1.82, 2.24) is 10.2 Å². The summed E-state index contributed by atoms with van der Waals surface area (Å²) in [5, 5.41) is 4.00. The number of carbonyl (C=O) groups is 2. The summed E-state index contributed by atoms with van der Waals surface area (Å²) in [6.45, 7) is 4.11. The van der Waals surface area contributed by atoms with Crippen molar-refractivity contribution in [3.8, 4) is 0 Å². The Kier molecular flexibility index (Phi) is 10.5. The lowest BCUT2D eigenvalue weighted by atomic mass is 10.0. The largest absolute Gasteiger partial charge is 0.352 e. The van der Waals surface area contributed by atoms with Gasteiger partial charge in [-0.2, -0.15) is 0 Å². The molecule has 2 atom stereocenters. The number of halogens is 2. The monoisotopic (exact) mass is 528 g/mol. The van der Waals surface area contributed by atoms with Crippen LogP contribution in [0.3, 0.4) is 0 Å². The molecule has 4 nitrogen and oxygen atoms in total. The normalized spacial score (nSPS) is 12.6. The van der Waals surface area contributed by atoms with E-state index in [-0.39, 0.29) is 30.2 Å². The quantitative estimate of drug-likeness (QED) is 0.283. The van der Waals surface area contributed by atoms with E-state index in [1.54, 1.807) is 23.1 Å². The molecule has 1 N–H and O–H groups in total. The third kappa shape index (κ3) is 8.03. The molecular formula is C28H30Cl2N2O2S. The molecule has 3 rings (SSSR count). The maximum atomic E-state index is 13.7. The van der Waals surface area contributed by atoms with Crippen LogP contribution in [0.25, 0.3) is 0 Å². The standard InChI is InChI=1S/C28H30Cl2N2O2S/c1-3-20(2)31-28(34)26(17-21-11-6-4-7-12-21)32(18-23-24(29)15-10-16-25(23)30)27(33)19-35-22-13-8-5-9-14-22/h4-16,20,26H,3,17-19H2,1-2H3,(H,31,34)/t20-,26+/m0/s1. The molecular weight excluding hydrogens is 499 g/mol. The Morgan fingerprint density at radius 3 is 2.11 bits per heavy atom. The highest BCUT2D eigenvalue weighted by atomic mass is 35.5. The second kappa shape index (κ2) is 13.6. The molecule has 0 saturated heterocycles. The number of nitrogens with one attached hydrogen (secondary N) is 1. The number of nitrogens with zero attached hydrogens (tertiary/aromatic N) is 1. The number of benzene rings is 3. The van der Waals surface area contributed by atoms with Crippen molar-refractivity contribution in [2.24, 2.45) is 0 Å². The summed E-state index contributed by atoms with van der Waals surface area (Å²) in [7, 11) is 0. The predicted octanol–water partition coefficient (Wildman–Crippen LogP) is 6.64. The van der Waals surface area contributed by atoms with E-state index in [9.17, 15) is 9.59 Å². The molecule has 0 bridgehead atoms. The van der Waals surface area contributed by atoms with Gasteiger partial charge in [0.05, 0.1) is 5.75 Å². The SMILES string of the molecule is CC[C@H](C)NC(=O)[C@@H](Cc1ccccc1)N(Cc1c(Cl)cccc1Cl)C(=O)CSc1ccccc1. The molecule has 0 aliphatic rings. The van der Waals surface area contributed by atoms with Crippen molar-refractivity contribution in [2.45, 2.75) is 50.2 Å². The van der Waals surface area contributed by atoms with E-state index in [4.69, 9.17) is 23.2 Å². The van der Waals surface area contributed by atoms with Crippen molar-refractivity contribution in [3.63, 3.8) is 0 Å². The van der Waals surface area contributed by atoms with Gasteiger partial charge in [0.2, 0.25) is 11.8 Å². The number of rotatable bonds is 11. The molecule has 0 aliphatic carbocycles. The van der Waals surface area contributed by atoms with Crippen LogP contribution in [0.15, 0.2) is 83.8 Å². The van der Waals surface area contributed by atoms with Gasteiger partial charge in [0.25, 0.3) is 0 Å². The van der Waals surface area contributed by atoms with Gasteiger partial charge in [0.1, 0.15) is 6.04 Å². The average molecular weight is 530 g/mol. The summed E-state index contributed by atoms with van der Waals surface area (Å²) in [5.41, 5.74) is 1.60. The fourth-order valence-electron chi connectivity index (χ4n) is 3.59. The topological polar surface area (TPSA) is 49.4 Å². The minimum Gasteiger partial charge on any atom is -0.352 e. The summed E-state index contributed by atoms with van der Waals surface area (Å²) >= 11 is 14.4. The van der Waals surface area contributed by atoms with Gasteiger partial charge in [-0.1, -0.05) is 84.7 Å². The molecule has 184 valence electrons. The molecule has 0 saturated carbocycles. The van der Waals surface area contributed by atoms with Crippen molar-refractivity contribution >= 4 is 46.8 Å². The van der Waals surface area contributed by atoms with Crippen LogP contribution in [0.1, 0.15) is 31.4 Å². The van der Waals surface area contributed by atoms with E-state index in [0.29, 0.717) is 22.0 Å². The zero-order chi connectivity index (χ0) is 25.2. The Bertz CT molecular complexity index is 1090. The maximum Gasteiger partial charge on any atom is 0.243 e. The fourth-order valence-corrected chi connectivity index (χ4v) is 4.92. The third-order valence-corrected chi connectivity index (χ3v) is 7.47. The molecule has 3 aromatic rings. The summed E-state index contributed by atoms with van der Waals surface area (Å²) in [5.74, 6) is -0.159. The first-order chi connectivity index (χ1) is 16.9. The predicted molar refractivity (Wildman–Crippen MR) is 146 cm³/mol. The van der Waals surface area contributed by atoms with E-state index in [1.165, 1.54) is 11.8 Å². The molecule has 35 heavy (non-hydrogen) atoms. The van der Waals surface area contributed by atoms with Gasteiger partial charge in [-0.05, 0) is 43.2 Å². The minimum atomic E-state index is -0.720. The fraction of sp³-hybridized carbons (Fsp3) is 0.286. The molecule has 0 radical (unpaired) electrons. The van der Waals surface area contributed by atoms with Gasteiger partial charge in [-0.25, -0.2) is 0 Å². The Morgan fingerprint density at radius 2 is 1.51 bits per heavy atom. The van der Waals surface area contributed by atoms with Gasteiger partial charge >= 0.3 is 0 Å². The zero-order valence-electron chi connectivity index (χ0n) is 19.9. The Labute approximate surface area is 222 Å². The lowest BCUT2D eigenvalue weighted by molar-refractivity contribution is -0.139. The number of hydrogen-bond acceptors (Lipinski definition) is 3. The Balaban J connectivity index is 1.96. The van der Waals surface area contributed by atoms with E-state index in [1.807, 2.05) is 74.5 Å². The molecule has 0 fully saturated rings. The van der Waals surface area contributed by atoms with Gasteiger partial charge in [-0.15, -0.1) is 11.8 Å². The van der Waals surface area contributed by atoms with Crippen molar-refractivity contribution in [3.05, 3.63) is 100 Å². The zero-order valence-corrected chi connectivity index (χ0v) is 22.2. The molecule has 0 aromatic heterocycles. The average Bonchev–Trinajstić information content (AvgIpc) is 2.87. The molecule has 0 unspecified atom stereocenters. The van der Waals surface area contributed by atoms with Crippen molar-refractivity contribution in [1.29, 1.82) is 0 Å². The van der Waals surface area contributed by atoms with Crippen LogP contribution in [0.5, 0.6) is 0 Å². The number of carbonyl (C=O) groups excluding carboxylic acids is 2. The highest BCUT2D eigenvalue weighted by molar-refractivity contribution is 8.00. The second-order valence-corrected chi connectivity index (χ2v) is 10.2. The third-order valence-electron chi connectivity index (χ3n) is 5.77. The number of hydrogen-bond donors (Lipinski definition) is 1. The highest BCUT2D eigenvalue weighted by Gasteiger charge is 2.31. The highest BCUT2D eigenvalue weighted by Crippen LogP contribution is 2.28. The molecule has 7 heteroatoms. The number of amides is 2. The van der Waals surface area contributed by atoms with Crippen LogP contribution in [0, 0.1) is 0 Å². The summed E-state index contributed by atoms with van der Waals surface area (Å²) in [6, 6.07) is 24.0. The number of thioether (sulfide) groups is 1. The Hall–Kier alpha value is -2.47. The molecule has 0 spiro atoms. The van der Waals surface area contributed by atoms with Gasteiger partial charge in [-0.3, -0.25) is 9.59 Å². The lowest BCUT2D eigenvalue weighted by Crippen LogP contribution is -2.52. The molecule has 3 aromatic carbocycles. The van der Waals surface area contributed by atoms with Crippen molar-refractivity contribution in [2.75, 3.05) is 5.75 Å². The van der Waals surface area contributed by atoms with E-state index >= 15 is 0 Å². The van der Waals surface area contributed by atoms with Crippen LogP contribution >= 0.6 is 35.0 Å². The smallest absolute Gasteiger partial charge is 0.243 e. The molecule has 2 amide bonds. The summed E-state index contributed by atoms with van der Waals surface area (Å²) < 4.78 is 0.